The molecule has 0 aromatic carbocycles. The lowest BCUT2D eigenvalue weighted by molar-refractivity contribution is -0.153. The summed E-state index contributed by atoms with van der Waals surface area (Å²) in [6.45, 7) is 0. The summed E-state index contributed by atoms with van der Waals surface area (Å²) in [5, 5.41) is 8.91. The van der Waals surface area contributed by atoms with E-state index in [9.17, 15) is 14.4 Å². The van der Waals surface area contributed by atoms with Crippen LogP contribution in [0.25, 0.3) is 0 Å². The van der Waals surface area contributed by atoms with Crippen LogP contribution in [-0.4, -0.2) is 45.8 Å². The van der Waals surface area contributed by atoms with E-state index in [0.29, 0.717) is 5.75 Å². The fourth-order valence-corrected chi connectivity index (χ4v) is 1.77. The SMILES string of the molecule is CSCCC(C(=O)O)N1C(=O)C=CC1=O. The minimum atomic E-state index is -1.14. The van der Waals surface area contributed by atoms with E-state index in [2.05, 4.69) is 0 Å². The van der Waals surface area contributed by atoms with Crippen LogP contribution in [0.5, 0.6) is 0 Å². The Kier molecular flexibility index (Phi) is 3.90. The van der Waals surface area contributed by atoms with Crippen LogP contribution in [0.1, 0.15) is 6.42 Å². The maximum absolute atomic E-state index is 11.2. The summed E-state index contributed by atoms with van der Waals surface area (Å²) in [6, 6.07) is -1.05. The molecule has 0 saturated heterocycles. The fourth-order valence-electron chi connectivity index (χ4n) is 1.31. The molecular formula is C9H11NO4S. The second-order valence-electron chi connectivity index (χ2n) is 3.02. The zero-order valence-corrected chi connectivity index (χ0v) is 8.99. The molecule has 1 aliphatic heterocycles. The van der Waals surface area contributed by atoms with Crippen molar-refractivity contribution in [1.29, 1.82) is 0 Å². The van der Waals surface area contributed by atoms with Gasteiger partial charge >= 0.3 is 5.97 Å². The first-order chi connectivity index (χ1) is 7.07. The highest BCUT2D eigenvalue weighted by molar-refractivity contribution is 7.98. The molecule has 0 aliphatic carbocycles. The lowest BCUT2D eigenvalue weighted by Gasteiger charge is -2.21. The molecule has 1 atom stereocenters. The highest BCUT2D eigenvalue weighted by Crippen LogP contribution is 2.14. The van der Waals surface area contributed by atoms with Gasteiger partial charge in [-0.1, -0.05) is 0 Å². The molecule has 1 rings (SSSR count). The van der Waals surface area contributed by atoms with Crippen LogP contribution in [0.3, 0.4) is 0 Å². The van der Waals surface area contributed by atoms with Crippen molar-refractivity contribution in [3.63, 3.8) is 0 Å². The smallest absolute Gasteiger partial charge is 0.326 e. The molecule has 1 N–H and O–H groups in total. The van der Waals surface area contributed by atoms with Gasteiger partial charge in [-0.3, -0.25) is 14.5 Å². The van der Waals surface area contributed by atoms with Crippen molar-refractivity contribution in [2.24, 2.45) is 0 Å². The zero-order chi connectivity index (χ0) is 11.4. The zero-order valence-electron chi connectivity index (χ0n) is 8.17. The van der Waals surface area contributed by atoms with Gasteiger partial charge < -0.3 is 5.11 Å². The number of aliphatic carboxylic acids is 1. The van der Waals surface area contributed by atoms with E-state index in [1.165, 1.54) is 11.8 Å². The van der Waals surface area contributed by atoms with Crippen molar-refractivity contribution in [2.75, 3.05) is 12.0 Å². The largest absolute Gasteiger partial charge is 0.480 e. The molecule has 0 spiro atoms. The van der Waals surface area contributed by atoms with Crippen molar-refractivity contribution in [1.82, 2.24) is 4.90 Å². The molecule has 1 unspecified atom stereocenters. The number of carboxylic acids is 1. The van der Waals surface area contributed by atoms with E-state index in [0.717, 1.165) is 17.1 Å². The summed E-state index contributed by atoms with van der Waals surface area (Å²) < 4.78 is 0. The summed E-state index contributed by atoms with van der Waals surface area (Å²) in [4.78, 5) is 34.2. The van der Waals surface area contributed by atoms with Crippen molar-refractivity contribution < 1.29 is 19.5 Å². The molecular weight excluding hydrogens is 218 g/mol. The van der Waals surface area contributed by atoms with E-state index in [4.69, 9.17) is 5.11 Å². The lowest BCUT2D eigenvalue weighted by atomic mass is 10.2. The molecule has 15 heavy (non-hydrogen) atoms. The molecule has 0 saturated carbocycles. The summed E-state index contributed by atoms with van der Waals surface area (Å²) in [5.74, 6) is -1.65. The first-order valence-electron chi connectivity index (χ1n) is 4.35. The topological polar surface area (TPSA) is 74.7 Å². The van der Waals surface area contributed by atoms with E-state index in [-0.39, 0.29) is 6.42 Å². The number of rotatable bonds is 5. The number of carboxylic acid groups (broad SMARTS) is 1. The van der Waals surface area contributed by atoms with Gasteiger partial charge in [0.25, 0.3) is 11.8 Å². The summed E-state index contributed by atoms with van der Waals surface area (Å²) in [7, 11) is 0. The van der Waals surface area contributed by atoms with Crippen LogP contribution in [0, 0.1) is 0 Å². The quantitative estimate of drug-likeness (QED) is 0.678. The maximum Gasteiger partial charge on any atom is 0.326 e. The highest BCUT2D eigenvalue weighted by atomic mass is 32.2. The van der Waals surface area contributed by atoms with Gasteiger partial charge in [0.1, 0.15) is 6.04 Å². The third-order valence-electron chi connectivity index (χ3n) is 2.04. The van der Waals surface area contributed by atoms with E-state index in [1.54, 1.807) is 0 Å². The first-order valence-corrected chi connectivity index (χ1v) is 5.74. The van der Waals surface area contributed by atoms with Gasteiger partial charge in [0.2, 0.25) is 0 Å². The minimum absolute atomic E-state index is 0.273. The molecule has 0 radical (unpaired) electrons. The number of amides is 2. The average molecular weight is 229 g/mol. The Balaban J connectivity index is 2.76. The van der Waals surface area contributed by atoms with Gasteiger partial charge in [-0.2, -0.15) is 11.8 Å². The monoisotopic (exact) mass is 229 g/mol. The lowest BCUT2D eigenvalue weighted by Crippen LogP contribution is -2.45. The number of hydrogen-bond donors (Lipinski definition) is 1. The summed E-state index contributed by atoms with van der Waals surface area (Å²) >= 11 is 1.48. The van der Waals surface area contributed by atoms with E-state index < -0.39 is 23.8 Å². The Morgan fingerprint density at radius 2 is 2.00 bits per heavy atom. The predicted molar refractivity (Wildman–Crippen MR) is 55.4 cm³/mol. The number of thioether (sulfide) groups is 1. The molecule has 0 aromatic heterocycles. The van der Waals surface area contributed by atoms with Crippen LogP contribution in [-0.2, 0) is 14.4 Å². The molecule has 1 aliphatic rings. The van der Waals surface area contributed by atoms with Crippen molar-refractivity contribution in [3.8, 4) is 0 Å². The number of carbonyl (C=O) groups excluding carboxylic acids is 2. The number of nitrogens with zero attached hydrogens (tertiary/aromatic N) is 1. The van der Waals surface area contributed by atoms with Crippen LogP contribution in [0.2, 0.25) is 0 Å². The van der Waals surface area contributed by atoms with Crippen molar-refractivity contribution >= 4 is 29.5 Å². The molecule has 5 nitrogen and oxygen atoms in total. The van der Waals surface area contributed by atoms with Crippen LogP contribution in [0.15, 0.2) is 12.2 Å². The van der Waals surface area contributed by atoms with Gasteiger partial charge in [-0.25, -0.2) is 4.79 Å². The van der Waals surface area contributed by atoms with Gasteiger partial charge in [-0.15, -0.1) is 0 Å². The highest BCUT2D eigenvalue weighted by Gasteiger charge is 2.35. The Bertz CT molecular complexity index is 308. The fraction of sp³-hybridized carbons (Fsp3) is 0.444. The van der Waals surface area contributed by atoms with E-state index in [1.807, 2.05) is 6.26 Å². The first kappa shape index (κ1) is 11.8. The predicted octanol–water partition coefficient (Wildman–Crippen LogP) is 0.118. The van der Waals surface area contributed by atoms with Gasteiger partial charge in [0.05, 0.1) is 0 Å². The molecule has 0 bridgehead atoms. The molecule has 2 amide bonds. The molecule has 82 valence electrons. The molecule has 0 aromatic rings. The number of carbonyl (C=O) groups is 3. The summed E-state index contributed by atoms with van der Waals surface area (Å²) in [5.41, 5.74) is 0. The second kappa shape index (κ2) is 4.97. The standard InChI is InChI=1S/C9H11NO4S/c1-15-5-4-6(9(13)14)10-7(11)2-3-8(10)12/h2-3,6H,4-5H2,1H3,(H,13,14). The maximum atomic E-state index is 11.2. The Labute approximate surface area is 91.1 Å². The Morgan fingerprint density at radius 1 is 1.47 bits per heavy atom. The Morgan fingerprint density at radius 3 is 2.40 bits per heavy atom. The van der Waals surface area contributed by atoms with Crippen LogP contribution in [0.4, 0.5) is 0 Å². The minimum Gasteiger partial charge on any atom is -0.480 e. The Hall–Kier alpha value is -1.30. The van der Waals surface area contributed by atoms with Crippen molar-refractivity contribution in [2.45, 2.75) is 12.5 Å². The average Bonchev–Trinajstić information content (AvgIpc) is 2.49. The van der Waals surface area contributed by atoms with Crippen LogP contribution < -0.4 is 0 Å². The van der Waals surface area contributed by atoms with Gasteiger partial charge in [0.15, 0.2) is 0 Å². The third kappa shape index (κ3) is 2.59. The third-order valence-corrected chi connectivity index (χ3v) is 2.68. The number of imide groups is 1. The second-order valence-corrected chi connectivity index (χ2v) is 4.00. The normalized spacial score (nSPS) is 17.3. The molecule has 1 heterocycles. The van der Waals surface area contributed by atoms with Crippen molar-refractivity contribution in [3.05, 3.63) is 12.2 Å². The van der Waals surface area contributed by atoms with E-state index >= 15 is 0 Å². The summed E-state index contributed by atoms with van der Waals surface area (Å²) in [6.07, 6.45) is 4.30. The van der Waals surface area contributed by atoms with Gasteiger partial charge in [-0.05, 0) is 18.4 Å². The van der Waals surface area contributed by atoms with Crippen LogP contribution >= 0.6 is 11.8 Å². The van der Waals surface area contributed by atoms with Gasteiger partial charge in [0, 0.05) is 12.2 Å². The number of hydrogen-bond acceptors (Lipinski definition) is 4. The molecule has 0 fully saturated rings. The molecule has 6 heteroatoms.